The van der Waals surface area contributed by atoms with E-state index in [1.54, 1.807) is 12.1 Å². The van der Waals surface area contributed by atoms with E-state index in [1.165, 1.54) is 17.5 Å². The van der Waals surface area contributed by atoms with Crippen LogP contribution in [0.15, 0.2) is 71.6 Å². The molecule has 29 heavy (non-hydrogen) atoms. The average molecular weight is 410 g/mol. The van der Waals surface area contributed by atoms with E-state index in [9.17, 15) is 13.2 Å². The van der Waals surface area contributed by atoms with Crippen LogP contribution in [0.2, 0.25) is 0 Å². The SMILES string of the molecule is O=C(CCc1ccc2ccccc2c1)NNc1ccc(S(=O)(=O)NC2CC2)cc1. The van der Waals surface area contributed by atoms with Gasteiger partial charge < -0.3 is 0 Å². The highest BCUT2D eigenvalue weighted by Crippen LogP contribution is 2.22. The van der Waals surface area contributed by atoms with Crippen molar-refractivity contribution in [1.29, 1.82) is 0 Å². The monoisotopic (exact) mass is 409 g/mol. The van der Waals surface area contributed by atoms with Gasteiger partial charge in [-0.05, 0) is 59.9 Å². The van der Waals surface area contributed by atoms with Gasteiger partial charge in [-0.15, -0.1) is 0 Å². The molecule has 0 saturated heterocycles. The summed E-state index contributed by atoms with van der Waals surface area (Å²) in [6, 6.07) is 20.7. The number of hydrazine groups is 1. The van der Waals surface area contributed by atoms with Crippen LogP contribution in [0.5, 0.6) is 0 Å². The third-order valence-corrected chi connectivity index (χ3v) is 6.40. The molecule has 150 valence electrons. The first-order valence-electron chi connectivity index (χ1n) is 9.64. The van der Waals surface area contributed by atoms with Crippen LogP contribution in [0.3, 0.4) is 0 Å². The van der Waals surface area contributed by atoms with E-state index in [2.05, 4.69) is 39.8 Å². The number of hydrogen-bond donors (Lipinski definition) is 3. The smallest absolute Gasteiger partial charge is 0.240 e. The van der Waals surface area contributed by atoms with Crippen LogP contribution in [0.4, 0.5) is 5.69 Å². The zero-order valence-electron chi connectivity index (χ0n) is 15.9. The summed E-state index contributed by atoms with van der Waals surface area (Å²) in [7, 11) is -3.47. The van der Waals surface area contributed by atoms with Crippen molar-refractivity contribution in [3.8, 4) is 0 Å². The zero-order chi connectivity index (χ0) is 20.3. The molecule has 3 aromatic rings. The Morgan fingerprint density at radius 1 is 0.931 bits per heavy atom. The normalized spacial score (nSPS) is 13.9. The van der Waals surface area contributed by atoms with E-state index in [0.717, 1.165) is 23.8 Å². The summed E-state index contributed by atoms with van der Waals surface area (Å²) < 4.78 is 27.0. The summed E-state index contributed by atoms with van der Waals surface area (Å²) in [6.45, 7) is 0. The molecule has 6 nitrogen and oxygen atoms in total. The van der Waals surface area contributed by atoms with Gasteiger partial charge in [0.25, 0.3) is 0 Å². The predicted molar refractivity (Wildman–Crippen MR) is 114 cm³/mol. The number of aryl methyl sites for hydroxylation is 1. The number of carbonyl (C=O) groups excluding carboxylic acids is 1. The standard InChI is InChI=1S/C22H23N3O3S/c26-22(14-6-16-5-7-17-3-1-2-4-18(17)15-16)24-23-19-10-12-21(13-11-19)29(27,28)25-20-8-9-20/h1-5,7,10-13,15,20,23,25H,6,8-9,14H2,(H,24,26). The van der Waals surface area contributed by atoms with Crippen LogP contribution in [0.25, 0.3) is 10.8 Å². The quantitative estimate of drug-likeness (QED) is 0.498. The summed E-state index contributed by atoms with van der Waals surface area (Å²) >= 11 is 0. The first kappa shape index (κ1) is 19.4. The minimum Gasteiger partial charge on any atom is -0.299 e. The summed E-state index contributed by atoms with van der Waals surface area (Å²) in [5.41, 5.74) is 7.21. The average Bonchev–Trinajstić information content (AvgIpc) is 3.54. The highest BCUT2D eigenvalue weighted by atomic mass is 32.2. The molecule has 0 radical (unpaired) electrons. The van der Waals surface area contributed by atoms with E-state index < -0.39 is 10.0 Å². The fraction of sp³-hybridized carbons (Fsp3) is 0.227. The Morgan fingerprint density at radius 3 is 2.38 bits per heavy atom. The third kappa shape index (κ3) is 5.13. The number of benzene rings is 3. The molecule has 1 fully saturated rings. The summed E-state index contributed by atoms with van der Waals surface area (Å²) in [6.07, 6.45) is 2.78. The van der Waals surface area contributed by atoms with Crippen LogP contribution in [0.1, 0.15) is 24.8 Å². The van der Waals surface area contributed by atoms with Crippen molar-refractivity contribution in [2.24, 2.45) is 0 Å². The highest BCUT2D eigenvalue weighted by molar-refractivity contribution is 7.89. The fourth-order valence-corrected chi connectivity index (χ4v) is 4.37. The van der Waals surface area contributed by atoms with Crippen molar-refractivity contribution in [1.82, 2.24) is 10.1 Å². The van der Waals surface area contributed by atoms with E-state index in [0.29, 0.717) is 18.5 Å². The number of rotatable bonds is 8. The zero-order valence-corrected chi connectivity index (χ0v) is 16.7. The topological polar surface area (TPSA) is 87.3 Å². The molecule has 1 amide bonds. The maximum atomic E-state index is 12.2. The van der Waals surface area contributed by atoms with Gasteiger partial charge in [0.2, 0.25) is 15.9 Å². The lowest BCUT2D eigenvalue weighted by molar-refractivity contribution is -0.120. The number of anilines is 1. The summed E-state index contributed by atoms with van der Waals surface area (Å²) in [5, 5.41) is 2.34. The summed E-state index contributed by atoms with van der Waals surface area (Å²) in [5.74, 6) is -0.134. The van der Waals surface area contributed by atoms with Gasteiger partial charge in [-0.1, -0.05) is 42.5 Å². The van der Waals surface area contributed by atoms with Crippen molar-refractivity contribution < 1.29 is 13.2 Å². The maximum absolute atomic E-state index is 12.2. The van der Waals surface area contributed by atoms with E-state index in [1.807, 2.05) is 18.2 Å². The Labute approximate surface area is 170 Å². The van der Waals surface area contributed by atoms with Crippen molar-refractivity contribution in [2.45, 2.75) is 36.6 Å². The number of amides is 1. The van der Waals surface area contributed by atoms with Crippen LogP contribution in [0, 0.1) is 0 Å². The van der Waals surface area contributed by atoms with Gasteiger partial charge in [0.15, 0.2) is 0 Å². The highest BCUT2D eigenvalue weighted by Gasteiger charge is 2.27. The Balaban J connectivity index is 1.27. The van der Waals surface area contributed by atoms with Crippen molar-refractivity contribution in [3.63, 3.8) is 0 Å². The lowest BCUT2D eigenvalue weighted by atomic mass is 10.0. The molecule has 0 unspecified atom stereocenters. The molecule has 4 rings (SSSR count). The van der Waals surface area contributed by atoms with Crippen LogP contribution >= 0.6 is 0 Å². The molecule has 0 atom stereocenters. The molecule has 0 bridgehead atoms. The number of carbonyl (C=O) groups is 1. The number of fused-ring (bicyclic) bond motifs is 1. The second kappa shape index (κ2) is 8.23. The first-order chi connectivity index (χ1) is 14.0. The molecule has 1 aliphatic carbocycles. The van der Waals surface area contributed by atoms with Gasteiger partial charge in [-0.2, -0.15) is 0 Å². The van der Waals surface area contributed by atoms with Crippen molar-refractivity contribution in [2.75, 3.05) is 5.43 Å². The van der Waals surface area contributed by atoms with Crippen molar-refractivity contribution in [3.05, 3.63) is 72.3 Å². The van der Waals surface area contributed by atoms with Gasteiger partial charge in [0, 0.05) is 12.5 Å². The lowest BCUT2D eigenvalue weighted by Crippen LogP contribution is -2.29. The molecule has 3 aromatic carbocycles. The second-order valence-electron chi connectivity index (χ2n) is 7.27. The molecular formula is C22H23N3O3S. The largest absolute Gasteiger partial charge is 0.299 e. The number of sulfonamides is 1. The number of hydrogen-bond acceptors (Lipinski definition) is 4. The van der Waals surface area contributed by atoms with Crippen LogP contribution in [-0.2, 0) is 21.2 Å². The minimum atomic E-state index is -3.47. The molecule has 0 aromatic heterocycles. The van der Waals surface area contributed by atoms with E-state index >= 15 is 0 Å². The summed E-state index contributed by atoms with van der Waals surface area (Å²) in [4.78, 5) is 12.3. The number of nitrogens with one attached hydrogen (secondary N) is 3. The van der Waals surface area contributed by atoms with E-state index in [4.69, 9.17) is 0 Å². The van der Waals surface area contributed by atoms with Gasteiger partial charge in [-0.25, -0.2) is 13.1 Å². The van der Waals surface area contributed by atoms with Gasteiger partial charge in [-0.3, -0.25) is 15.6 Å². The molecule has 1 aliphatic rings. The fourth-order valence-electron chi connectivity index (χ4n) is 3.06. The Bertz CT molecular complexity index is 1120. The molecule has 7 heteroatoms. The minimum absolute atomic E-state index is 0.0692. The van der Waals surface area contributed by atoms with Gasteiger partial charge in [0.1, 0.15) is 0 Å². The van der Waals surface area contributed by atoms with Gasteiger partial charge in [0.05, 0.1) is 10.6 Å². The van der Waals surface area contributed by atoms with Crippen LogP contribution in [-0.4, -0.2) is 20.4 Å². The van der Waals surface area contributed by atoms with Crippen LogP contribution < -0.4 is 15.6 Å². The lowest BCUT2D eigenvalue weighted by Gasteiger charge is -2.10. The molecular weight excluding hydrogens is 386 g/mol. The molecule has 0 heterocycles. The second-order valence-corrected chi connectivity index (χ2v) is 8.99. The Hall–Kier alpha value is -2.90. The molecule has 0 aliphatic heterocycles. The molecule has 3 N–H and O–H groups in total. The third-order valence-electron chi connectivity index (χ3n) is 4.86. The maximum Gasteiger partial charge on any atom is 0.240 e. The molecule has 0 spiro atoms. The van der Waals surface area contributed by atoms with Crippen molar-refractivity contribution >= 4 is 32.4 Å². The first-order valence-corrected chi connectivity index (χ1v) is 11.1. The predicted octanol–water partition coefficient (Wildman–Crippen LogP) is 3.36. The molecule has 1 saturated carbocycles. The van der Waals surface area contributed by atoms with Gasteiger partial charge >= 0.3 is 0 Å². The van der Waals surface area contributed by atoms with E-state index in [-0.39, 0.29) is 16.8 Å². The Kier molecular flexibility index (Phi) is 5.51. The Morgan fingerprint density at radius 2 is 1.66 bits per heavy atom.